The van der Waals surface area contributed by atoms with Crippen molar-refractivity contribution in [1.29, 1.82) is 0 Å². The molecule has 3 aliphatic heterocycles. The summed E-state index contributed by atoms with van der Waals surface area (Å²) in [5, 5.41) is 107. The molecule has 3 rings (SSSR count). The molecule has 0 saturated carbocycles. The van der Waals surface area contributed by atoms with Gasteiger partial charge in [-0.15, -0.1) is 0 Å². The maximum Gasteiger partial charge on any atom is 0.234 e. The van der Waals surface area contributed by atoms with E-state index in [2.05, 4.69) is 31.9 Å². The number of ether oxygens (including phenoxy) is 7. The molecular formula is C74H133N7O25. The van der Waals surface area contributed by atoms with Crippen molar-refractivity contribution >= 4 is 52.8 Å². The van der Waals surface area contributed by atoms with Gasteiger partial charge in [0.15, 0.2) is 18.9 Å². The van der Waals surface area contributed by atoms with Crippen molar-refractivity contribution in [3.8, 4) is 0 Å². The predicted octanol–water partition coefficient (Wildman–Crippen LogP) is 0.828. The maximum absolute atomic E-state index is 14.5. The highest BCUT2D eigenvalue weighted by Crippen LogP contribution is 2.29. The van der Waals surface area contributed by atoms with Crippen LogP contribution in [0.4, 0.5) is 0 Å². The van der Waals surface area contributed by atoms with E-state index in [4.69, 9.17) is 33.2 Å². The van der Waals surface area contributed by atoms with Crippen LogP contribution in [0.25, 0.3) is 0 Å². The van der Waals surface area contributed by atoms with Crippen LogP contribution in [0.3, 0.4) is 0 Å². The van der Waals surface area contributed by atoms with Crippen molar-refractivity contribution in [2.45, 2.75) is 306 Å². The molecule has 0 aliphatic carbocycles. The Labute approximate surface area is 626 Å². The number of hydrogen-bond acceptors (Lipinski definition) is 26. The predicted molar refractivity (Wildman–Crippen MR) is 388 cm³/mol. The van der Waals surface area contributed by atoms with Gasteiger partial charge in [-0.1, -0.05) is 52.4 Å². The fourth-order valence-corrected chi connectivity index (χ4v) is 12.8. The molecule has 106 heavy (non-hydrogen) atoms. The van der Waals surface area contributed by atoms with E-state index in [0.29, 0.717) is 135 Å². The topological polar surface area (TPSA) is 476 Å². The number of methoxy groups -OCH3 is 1. The number of aliphatic hydroxyl groups excluding tert-OH is 9. The zero-order chi connectivity index (χ0) is 78.0. The highest BCUT2D eigenvalue weighted by molar-refractivity contribution is 5.88. The van der Waals surface area contributed by atoms with Crippen molar-refractivity contribution in [2.75, 3.05) is 99.2 Å². The summed E-state index contributed by atoms with van der Waals surface area (Å²) in [4.78, 5) is 119. The summed E-state index contributed by atoms with van der Waals surface area (Å²) < 4.78 is 39.2. The van der Waals surface area contributed by atoms with E-state index >= 15 is 0 Å². The van der Waals surface area contributed by atoms with Crippen LogP contribution >= 0.6 is 0 Å². The molecule has 32 nitrogen and oxygen atoms in total. The third-order valence-corrected chi connectivity index (χ3v) is 19.4. The number of amides is 6. The minimum Gasteiger partial charge on any atom is -0.394 e. The standard InChI is InChI=1S/C74H133N7O25/c1-50-66(94)68(96)57(47-82)104-72(50)101-42-22-8-12-32-61(90)76-38-20-17-31-56(88)55(30-16-19-37-77-63(92)35-25-29-53(86)27-11-6-5-7-21-41-100-4)81(46-64(93)79-40-26-39-78-62(91)34-13-9-23-43-102-73-51(2)67(95)69(97)58(48-83)105-73)45-54(87)28-15-18-36-75-60(89)33-14-10-24-44-103-74-65(80-52(3)85)71(99)70(98)59(49-84)106-74/h50-51,55,57-59,65-74,82-84,94-99H,5-49H2,1-4H3,(H,75,89)(H,76,90)(H,77,92)(H,78,91)(H,79,93)(H,80,85)/t50?,51?,55?,57?,58?,59?,65?,66-,67-,68+,69+,70+,71-,72-,73-,74-/m1/s1. The van der Waals surface area contributed by atoms with E-state index in [1.54, 1.807) is 25.9 Å². The number of nitrogens with zero attached hydrogens (tertiary/aromatic N) is 1. The lowest BCUT2D eigenvalue weighted by molar-refractivity contribution is -0.282. The summed E-state index contributed by atoms with van der Waals surface area (Å²) in [6.07, 6.45) is 2.30. The highest BCUT2D eigenvalue weighted by atomic mass is 16.7. The highest BCUT2D eigenvalue weighted by Gasteiger charge is 2.46. The third kappa shape index (κ3) is 39.7. The number of ketones is 3. The first-order chi connectivity index (χ1) is 51.0. The molecule has 7 unspecified atom stereocenters. The average molecular weight is 1520 g/mol. The van der Waals surface area contributed by atoms with Gasteiger partial charge in [0, 0.05) is 136 Å². The molecule has 3 heterocycles. The molecule has 32 heteroatoms. The van der Waals surface area contributed by atoms with E-state index in [9.17, 15) is 89.1 Å². The van der Waals surface area contributed by atoms with Crippen LogP contribution in [0.15, 0.2) is 0 Å². The monoisotopic (exact) mass is 1520 g/mol. The van der Waals surface area contributed by atoms with Gasteiger partial charge in [-0.2, -0.15) is 0 Å². The molecule has 0 spiro atoms. The van der Waals surface area contributed by atoms with Crippen LogP contribution in [0, 0.1) is 11.8 Å². The van der Waals surface area contributed by atoms with Crippen molar-refractivity contribution in [3.63, 3.8) is 0 Å². The molecule has 614 valence electrons. The van der Waals surface area contributed by atoms with E-state index in [-0.39, 0.29) is 138 Å². The van der Waals surface area contributed by atoms with Crippen LogP contribution in [-0.2, 0) is 76.3 Å². The number of rotatable bonds is 62. The first-order valence-electron chi connectivity index (χ1n) is 39.1. The molecule has 0 aromatic rings. The lowest BCUT2D eigenvalue weighted by Crippen LogP contribution is -2.64. The molecule has 6 amide bonds. The number of carbonyl (C=O) groups excluding carboxylic acids is 9. The molecule has 0 aromatic carbocycles. The summed E-state index contributed by atoms with van der Waals surface area (Å²) in [6, 6.07) is -1.95. The van der Waals surface area contributed by atoms with Crippen LogP contribution in [-0.4, -0.2) is 289 Å². The largest absolute Gasteiger partial charge is 0.394 e. The second-order valence-corrected chi connectivity index (χ2v) is 28.5. The van der Waals surface area contributed by atoms with E-state index in [1.807, 2.05) is 0 Å². The number of Topliss-reactive ketones (excluding diaryl/α,β-unsaturated/α-hetero) is 3. The minimum atomic E-state index is -1.44. The molecule has 0 radical (unpaired) electrons. The third-order valence-electron chi connectivity index (χ3n) is 19.4. The van der Waals surface area contributed by atoms with Gasteiger partial charge in [0.05, 0.1) is 51.2 Å². The molecule has 3 aliphatic rings. The Morgan fingerprint density at radius 2 is 0.736 bits per heavy atom. The Balaban J connectivity index is 1.59. The van der Waals surface area contributed by atoms with Crippen molar-refractivity contribution in [1.82, 2.24) is 36.8 Å². The lowest BCUT2D eigenvalue weighted by Gasteiger charge is -2.42. The summed E-state index contributed by atoms with van der Waals surface area (Å²) in [5.41, 5.74) is 0. The Kier molecular flexibility index (Phi) is 51.5. The summed E-state index contributed by atoms with van der Waals surface area (Å²) in [7, 11) is 1.68. The average Bonchev–Trinajstić information content (AvgIpc) is 0.823. The molecule has 0 aromatic heterocycles. The number of unbranched alkanes of at least 4 members (excludes halogenated alkanes) is 13. The summed E-state index contributed by atoms with van der Waals surface area (Å²) >= 11 is 0. The molecule has 3 fully saturated rings. The van der Waals surface area contributed by atoms with Crippen LogP contribution in [0.2, 0.25) is 0 Å². The van der Waals surface area contributed by atoms with Crippen molar-refractivity contribution in [3.05, 3.63) is 0 Å². The van der Waals surface area contributed by atoms with E-state index in [0.717, 1.165) is 38.7 Å². The van der Waals surface area contributed by atoms with Gasteiger partial charge in [0.25, 0.3) is 0 Å². The lowest BCUT2D eigenvalue weighted by atomic mass is 9.92. The van der Waals surface area contributed by atoms with Crippen LogP contribution in [0.1, 0.15) is 220 Å². The van der Waals surface area contributed by atoms with Gasteiger partial charge in [0.2, 0.25) is 35.4 Å². The zero-order valence-electron chi connectivity index (χ0n) is 63.6. The smallest absolute Gasteiger partial charge is 0.234 e. The number of carbonyl (C=O) groups is 9. The van der Waals surface area contributed by atoms with Crippen LogP contribution in [0.5, 0.6) is 0 Å². The number of aliphatic hydroxyl groups is 9. The van der Waals surface area contributed by atoms with E-state index < -0.39 is 129 Å². The summed E-state index contributed by atoms with van der Waals surface area (Å²) in [6.45, 7) is 5.30. The first kappa shape index (κ1) is 95.4. The van der Waals surface area contributed by atoms with Gasteiger partial charge in [0.1, 0.15) is 66.1 Å². The first-order valence-corrected chi connectivity index (χ1v) is 39.1. The quantitative estimate of drug-likeness (QED) is 0.0375. The molecule has 16 atom stereocenters. The zero-order valence-corrected chi connectivity index (χ0v) is 63.6. The van der Waals surface area contributed by atoms with Gasteiger partial charge in [-0.25, -0.2) is 0 Å². The van der Waals surface area contributed by atoms with Gasteiger partial charge in [-0.05, 0) is 109 Å². The normalized spacial score (nSPS) is 24.8. The molecule has 15 N–H and O–H groups in total. The molecule has 3 saturated heterocycles. The second kappa shape index (κ2) is 57.2. The maximum atomic E-state index is 14.5. The van der Waals surface area contributed by atoms with Gasteiger partial charge >= 0.3 is 0 Å². The van der Waals surface area contributed by atoms with Crippen molar-refractivity contribution < 1.29 is 122 Å². The Morgan fingerprint density at radius 1 is 0.377 bits per heavy atom. The Morgan fingerprint density at radius 3 is 1.22 bits per heavy atom. The van der Waals surface area contributed by atoms with Gasteiger partial charge in [-0.3, -0.25) is 48.1 Å². The van der Waals surface area contributed by atoms with Gasteiger partial charge < -0.3 is 111 Å². The fourth-order valence-electron chi connectivity index (χ4n) is 12.8. The summed E-state index contributed by atoms with van der Waals surface area (Å²) in [5.74, 6) is -3.01. The Hall–Kier alpha value is -4.85. The molecular weight excluding hydrogens is 1390 g/mol. The minimum absolute atomic E-state index is 0.0751. The number of nitrogens with one attached hydrogen (secondary N) is 6. The van der Waals surface area contributed by atoms with E-state index in [1.165, 1.54) is 6.92 Å². The van der Waals surface area contributed by atoms with Crippen molar-refractivity contribution in [2.24, 2.45) is 11.8 Å². The molecule has 0 bridgehead atoms. The SMILES string of the molecule is COCCCCCCCC(=O)CCCC(=O)NCCCCC(C(=O)CCCCNC(=O)CCCCCO[C@@H]1OC(CO)[C@H](O)[C@H](O)C1C)N(CC(=O)CCCCNC(=O)CCCCCO[C@@H]1OC(CO)[C@H](O)[C@H](O)C1NC(C)=O)CC(=O)NCCCNC(=O)CCCCCO[C@@H]1OC(CO)[C@H](O)[C@H](O)C1C. The fraction of sp³-hybridized carbons (Fsp3) is 0.878. The second-order valence-electron chi connectivity index (χ2n) is 28.5. The number of hydrogen-bond donors (Lipinski definition) is 15. The van der Waals surface area contributed by atoms with Crippen LogP contribution < -0.4 is 31.9 Å². The Bertz CT molecular complexity index is 2470.